The highest BCUT2D eigenvalue weighted by Gasteiger charge is 2.16. The molecule has 31 heavy (non-hydrogen) atoms. The van der Waals surface area contributed by atoms with Crippen molar-refractivity contribution in [1.82, 2.24) is 10.3 Å². The van der Waals surface area contributed by atoms with Crippen molar-refractivity contribution in [2.24, 2.45) is 0 Å². The van der Waals surface area contributed by atoms with Gasteiger partial charge in [-0.15, -0.1) is 0 Å². The lowest BCUT2D eigenvalue weighted by Gasteiger charge is -2.14. The van der Waals surface area contributed by atoms with Crippen molar-refractivity contribution in [3.8, 4) is 5.75 Å². The monoisotopic (exact) mass is 415 g/mol. The summed E-state index contributed by atoms with van der Waals surface area (Å²) in [6.45, 7) is 2.00. The predicted molar refractivity (Wildman–Crippen MR) is 122 cm³/mol. The van der Waals surface area contributed by atoms with Gasteiger partial charge in [0, 0.05) is 17.8 Å². The molecule has 0 radical (unpaired) electrons. The van der Waals surface area contributed by atoms with Gasteiger partial charge in [-0.1, -0.05) is 30.3 Å². The summed E-state index contributed by atoms with van der Waals surface area (Å²) < 4.78 is 10.8. The molecule has 4 aromatic rings. The predicted octanol–water partition coefficient (Wildman–Crippen LogP) is 5.33. The van der Waals surface area contributed by atoms with Crippen molar-refractivity contribution in [3.05, 3.63) is 84.3 Å². The van der Waals surface area contributed by atoms with E-state index in [0.29, 0.717) is 17.1 Å². The van der Waals surface area contributed by atoms with Crippen LogP contribution in [0, 0.1) is 0 Å². The lowest BCUT2D eigenvalue weighted by Crippen LogP contribution is -2.33. The molecule has 0 aliphatic carbocycles. The van der Waals surface area contributed by atoms with Crippen molar-refractivity contribution in [2.75, 3.05) is 12.4 Å². The lowest BCUT2D eigenvalue weighted by molar-refractivity contribution is 0.0933. The minimum Gasteiger partial charge on any atom is -0.497 e. The number of carbonyl (C=O) groups excluding carboxylic acids is 1. The van der Waals surface area contributed by atoms with Crippen LogP contribution in [-0.4, -0.2) is 24.0 Å². The molecule has 0 bridgehead atoms. The Hall–Kier alpha value is -3.80. The molecule has 6 nitrogen and oxygen atoms in total. The smallest absolute Gasteiger partial charge is 0.270 e. The number of methoxy groups -OCH3 is 1. The molecule has 6 heteroatoms. The minimum absolute atomic E-state index is 0.0137. The molecule has 0 spiro atoms. The molecule has 4 rings (SSSR count). The highest BCUT2D eigenvalue weighted by atomic mass is 16.5. The summed E-state index contributed by atoms with van der Waals surface area (Å²) in [6, 6.07) is 21.3. The van der Waals surface area contributed by atoms with E-state index < -0.39 is 0 Å². The first-order valence-corrected chi connectivity index (χ1v) is 10.3. The van der Waals surface area contributed by atoms with Crippen LogP contribution in [0.4, 0.5) is 11.5 Å². The summed E-state index contributed by atoms with van der Waals surface area (Å²) in [5.41, 5.74) is 3.01. The van der Waals surface area contributed by atoms with Crippen LogP contribution in [-0.2, 0) is 6.42 Å². The van der Waals surface area contributed by atoms with Gasteiger partial charge in [-0.25, -0.2) is 4.98 Å². The molecule has 0 saturated heterocycles. The zero-order valence-corrected chi connectivity index (χ0v) is 17.6. The van der Waals surface area contributed by atoms with Crippen LogP contribution < -0.4 is 15.4 Å². The van der Waals surface area contributed by atoms with E-state index in [0.717, 1.165) is 29.7 Å². The van der Waals surface area contributed by atoms with Crippen molar-refractivity contribution in [1.29, 1.82) is 0 Å². The Balaban J connectivity index is 1.48. The second kappa shape index (κ2) is 9.34. The van der Waals surface area contributed by atoms with Crippen LogP contribution in [0.25, 0.3) is 11.0 Å². The average Bonchev–Trinajstić information content (AvgIpc) is 3.28. The number of hydrogen-bond donors (Lipinski definition) is 2. The summed E-state index contributed by atoms with van der Waals surface area (Å²) in [5, 5.41) is 7.12. The third-order valence-corrected chi connectivity index (χ3v) is 5.12. The fraction of sp³-hybridized carbons (Fsp3) is 0.200. The number of rotatable bonds is 8. The number of hydrogen-bond acceptors (Lipinski definition) is 5. The number of aryl methyl sites for hydroxylation is 1. The Kier molecular flexibility index (Phi) is 6.17. The maximum Gasteiger partial charge on any atom is 0.270 e. The Labute approximate surface area is 181 Å². The average molecular weight is 415 g/mol. The summed E-state index contributed by atoms with van der Waals surface area (Å²) in [7, 11) is 1.63. The summed E-state index contributed by atoms with van der Waals surface area (Å²) in [4.78, 5) is 17.4. The quantitative estimate of drug-likeness (QED) is 0.407. The number of carbonyl (C=O) groups is 1. The standard InChI is InChI=1S/C25H25N3O3/c1-17(8-9-18-6-4-3-5-7-18)26-25(29)22-16-23-21(14-15-31-23)24(28-22)27-19-10-12-20(30-2)13-11-19/h3-7,10-17H,8-9H2,1-2H3,(H,26,29)(H,27,28). The Bertz CT molecular complexity index is 1150. The van der Waals surface area contributed by atoms with E-state index in [2.05, 4.69) is 27.8 Å². The van der Waals surface area contributed by atoms with Crippen LogP contribution in [0.15, 0.2) is 77.4 Å². The van der Waals surface area contributed by atoms with Gasteiger partial charge in [0.1, 0.15) is 22.8 Å². The normalized spacial score (nSPS) is 11.8. The molecule has 2 heterocycles. The first-order valence-electron chi connectivity index (χ1n) is 10.3. The molecule has 1 atom stereocenters. The van der Waals surface area contributed by atoms with Crippen LogP contribution in [0.2, 0.25) is 0 Å². The van der Waals surface area contributed by atoms with Crippen molar-refractivity contribution in [3.63, 3.8) is 0 Å². The minimum atomic E-state index is -0.225. The Morgan fingerprint density at radius 2 is 1.87 bits per heavy atom. The molecule has 1 unspecified atom stereocenters. The largest absolute Gasteiger partial charge is 0.497 e. The third kappa shape index (κ3) is 5.04. The van der Waals surface area contributed by atoms with Gasteiger partial charge in [-0.2, -0.15) is 0 Å². The number of amides is 1. The SMILES string of the molecule is COc1ccc(Nc2nc(C(=O)NC(C)CCc3ccccc3)cc3occc23)cc1. The molecule has 0 aliphatic rings. The molecule has 0 saturated carbocycles. The van der Waals surface area contributed by atoms with E-state index in [4.69, 9.17) is 9.15 Å². The highest BCUT2D eigenvalue weighted by molar-refractivity contribution is 5.99. The number of ether oxygens (including phenoxy) is 1. The molecule has 1 amide bonds. The maximum atomic E-state index is 12.9. The number of anilines is 2. The fourth-order valence-corrected chi connectivity index (χ4v) is 3.39. The van der Waals surface area contributed by atoms with Crippen LogP contribution in [0.3, 0.4) is 0 Å². The highest BCUT2D eigenvalue weighted by Crippen LogP contribution is 2.27. The van der Waals surface area contributed by atoms with E-state index >= 15 is 0 Å². The zero-order chi connectivity index (χ0) is 21.6. The number of nitrogens with one attached hydrogen (secondary N) is 2. The second-order valence-electron chi connectivity index (χ2n) is 7.44. The molecule has 0 fully saturated rings. The van der Waals surface area contributed by atoms with Crippen LogP contribution in [0.1, 0.15) is 29.4 Å². The summed E-state index contributed by atoms with van der Waals surface area (Å²) >= 11 is 0. The first-order chi connectivity index (χ1) is 15.1. The third-order valence-electron chi connectivity index (χ3n) is 5.12. The van der Waals surface area contributed by atoms with Crippen molar-refractivity contribution >= 4 is 28.4 Å². The summed E-state index contributed by atoms with van der Waals surface area (Å²) in [5.74, 6) is 1.11. The van der Waals surface area contributed by atoms with E-state index in [-0.39, 0.29) is 11.9 Å². The lowest BCUT2D eigenvalue weighted by atomic mass is 10.1. The van der Waals surface area contributed by atoms with Gasteiger partial charge < -0.3 is 19.8 Å². The van der Waals surface area contributed by atoms with E-state index in [1.165, 1.54) is 5.56 Å². The molecule has 0 aliphatic heterocycles. The molecule has 2 aromatic carbocycles. The van der Waals surface area contributed by atoms with Gasteiger partial charge in [0.25, 0.3) is 5.91 Å². The fourth-order valence-electron chi connectivity index (χ4n) is 3.39. The molecule has 158 valence electrons. The number of pyridine rings is 1. The van der Waals surface area contributed by atoms with Crippen molar-refractivity contribution < 1.29 is 13.9 Å². The number of benzene rings is 2. The van der Waals surface area contributed by atoms with Crippen LogP contribution in [0.5, 0.6) is 5.75 Å². The number of fused-ring (bicyclic) bond motifs is 1. The van der Waals surface area contributed by atoms with E-state index in [1.807, 2.05) is 55.5 Å². The van der Waals surface area contributed by atoms with E-state index in [1.54, 1.807) is 19.4 Å². The number of furan rings is 1. The van der Waals surface area contributed by atoms with Gasteiger partial charge in [0.15, 0.2) is 0 Å². The summed E-state index contributed by atoms with van der Waals surface area (Å²) in [6.07, 6.45) is 3.34. The Morgan fingerprint density at radius 3 is 2.61 bits per heavy atom. The topological polar surface area (TPSA) is 76.4 Å². The van der Waals surface area contributed by atoms with Gasteiger partial charge in [0.2, 0.25) is 0 Å². The number of nitrogens with zero attached hydrogens (tertiary/aromatic N) is 1. The maximum absolute atomic E-state index is 12.9. The first kappa shape index (κ1) is 20.5. The number of aromatic nitrogens is 1. The second-order valence-corrected chi connectivity index (χ2v) is 7.44. The van der Waals surface area contributed by atoms with Crippen molar-refractivity contribution in [2.45, 2.75) is 25.8 Å². The molecular formula is C25H25N3O3. The van der Waals surface area contributed by atoms with E-state index in [9.17, 15) is 4.79 Å². The van der Waals surface area contributed by atoms with Crippen LogP contribution >= 0.6 is 0 Å². The van der Waals surface area contributed by atoms with Gasteiger partial charge in [0.05, 0.1) is 18.8 Å². The van der Waals surface area contributed by atoms with Gasteiger partial charge in [-0.05, 0) is 55.7 Å². The molecule has 2 N–H and O–H groups in total. The zero-order valence-electron chi connectivity index (χ0n) is 17.6. The molecule has 2 aromatic heterocycles. The van der Waals surface area contributed by atoms with Gasteiger partial charge >= 0.3 is 0 Å². The Morgan fingerprint density at radius 1 is 1.10 bits per heavy atom. The van der Waals surface area contributed by atoms with Gasteiger partial charge in [-0.3, -0.25) is 4.79 Å². The molecular weight excluding hydrogens is 390 g/mol.